The zero-order chi connectivity index (χ0) is 34.0. The van der Waals surface area contributed by atoms with Crippen molar-refractivity contribution in [1.82, 2.24) is 9.97 Å². The van der Waals surface area contributed by atoms with Gasteiger partial charge in [0.2, 0.25) is 0 Å². The maximum Gasteiger partial charge on any atom is 0.0973 e. The first kappa shape index (κ1) is 30.2. The highest BCUT2D eigenvalue weighted by molar-refractivity contribution is 6.07. The number of benzene rings is 8. The number of hydrogen-bond acceptors (Lipinski definition) is 3. The second kappa shape index (κ2) is 13.2. The quantitative estimate of drug-likeness (QED) is 0.161. The maximum atomic E-state index is 5.36. The molecule has 240 valence electrons. The lowest BCUT2D eigenvalue weighted by atomic mass is 10.0. The Balaban J connectivity index is 1.22. The summed E-state index contributed by atoms with van der Waals surface area (Å²) in [5, 5.41) is 2.17. The Kier molecular flexibility index (Phi) is 7.84. The molecule has 0 saturated heterocycles. The van der Waals surface area contributed by atoms with Crippen LogP contribution < -0.4 is 4.90 Å². The van der Waals surface area contributed by atoms with Gasteiger partial charge in [0.1, 0.15) is 0 Å². The highest BCUT2D eigenvalue weighted by Crippen LogP contribution is 2.40. The first-order chi connectivity index (χ1) is 25.3. The fourth-order valence-electron chi connectivity index (χ4n) is 6.93. The summed E-state index contributed by atoms with van der Waals surface area (Å²) in [4.78, 5) is 12.9. The molecule has 51 heavy (non-hydrogen) atoms. The summed E-state index contributed by atoms with van der Waals surface area (Å²) in [5.74, 6) is 0. The van der Waals surface area contributed by atoms with Crippen molar-refractivity contribution in [2.75, 3.05) is 4.90 Å². The van der Waals surface area contributed by atoms with Crippen LogP contribution in [0.15, 0.2) is 200 Å². The molecule has 0 spiro atoms. The van der Waals surface area contributed by atoms with Gasteiger partial charge in [-0.05, 0) is 70.1 Å². The Hall–Kier alpha value is -6.84. The number of anilines is 3. The normalized spacial score (nSPS) is 11.1. The van der Waals surface area contributed by atoms with Crippen molar-refractivity contribution in [3.05, 3.63) is 200 Å². The van der Waals surface area contributed by atoms with E-state index in [0.717, 1.165) is 61.4 Å². The summed E-state index contributed by atoms with van der Waals surface area (Å²) in [6.45, 7) is 0. The van der Waals surface area contributed by atoms with Gasteiger partial charge in [0.05, 0.1) is 22.4 Å². The molecule has 0 radical (unpaired) electrons. The molecular formula is C48H33N3. The van der Waals surface area contributed by atoms with Crippen LogP contribution in [-0.4, -0.2) is 9.97 Å². The fraction of sp³-hybridized carbons (Fsp3) is 0. The van der Waals surface area contributed by atoms with Crippen LogP contribution in [0.4, 0.5) is 17.1 Å². The Morgan fingerprint density at radius 3 is 1.29 bits per heavy atom. The Morgan fingerprint density at radius 1 is 0.314 bits per heavy atom. The Labute approximate surface area is 297 Å². The van der Waals surface area contributed by atoms with E-state index < -0.39 is 0 Å². The van der Waals surface area contributed by atoms with Crippen molar-refractivity contribution in [1.29, 1.82) is 0 Å². The zero-order valence-corrected chi connectivity index (χ0v) is 27.9. The molecule has 0 amide bonds. The molecule has 0 saturated carbocycles. The molecule has 9 aromatic rings. The predicted molar refractivity (Wildman–Crippen MR) is 213 cm³/mol. The first-order valence-electron chi connectivity index (χ1n) is 17.2. The van der Waals surface area contributed by atoms with Crippen LogP contribution in [0.25, 0.3) is 66.6 Å². The molecule has 0 bridgehead atoms. The van der Waals surface area contributed by atoms with Gasteiger partial charge in [0.15, 0.2) is 0 Å². The number of fused-ring (bicyclic) bond motifs is 3. The molecule has 0 aliphatic rings. The Bertz CT molecular complexity index is 2540. The third-order valence-electron chi connectivity index (χ3n) is 9.41. The van der Waals surface area contributed by atoms with E-state index in [-0.39, 0.29) is 0 Å². The van der Waals surface area contributed by atoms with Gasteiger partial charge in [-0.25, -0.2) is 9.97 Å². The second-order valence-corrected chi connectivity index (χ2v) is 12.7. The molecule has 0 atom stereocenters. The van der Waals surface area contributed by atoms with Gasteiger partial charge in [-0.2, -0.15) is 0 Å². The molecule has 1 heterocycles. The van der Waals surface area contributed by atoms with E-state index in [1.54, 1.807) is 0 Å². The van der Waals surface area contributed by atoms with Crippen LogP contribution in [0, 0.1) is 0 Å². The van der Waals surface area contributed by atoms with Crippen LogP contribution >= 0.6 is 0 Å². The minimum absolute atomic E-state index is 0.872. The molecule has 0 N–H and O–H groups in total. The van der Waals surface area contributed by atoms with Gasteiger partial charge in [-0.3, -0.25) is 0 Å². The molecule has 3 nitrogen and oxygen atoms in total. The minimum atomic E-state index is 0.872. The average Bonchev–Trinajstić information content (AvgIpc) is 3.22. The van der Waals surface area contributed by atoms with E-state index in [1.807, 2.05) is 12.1 Å². The standard InChI is InChI=1S/C48H33N3/c1-5-15-34(16-6-1)38-23-13-25-41(31-38)51(42-26-14-24-39(32-42)35-17-7-2-8-18-35)43-28-29-44-40(33-43)27-30-45-48(44)50-47(37-21-11-4-12-22-37)46(49-45)36-19-9-3-10-20-36/h1-33H. The predicted octanol–water partition coefficient (Wildman–Crippen LogP) is 12.9. The molecule has 0 unspecified atom stereocenters. The van der Waals surface area contributed by atoms with E-state index >= 15 is 0 Å². The Morgan fingerprint density at radius 2 is 0.765 bits per heavy atom. The average molecular weight is 652 g/mol. The second-order valence-electron chi connectivity index (χ2n) is 12.7. The SMILES string of the molecule is c1ccc(-c2cccc(N(c3cccc(-c4ccccc4)c3)c3ccc4c(ccc5nc(-c6ccccc6)c(-c6ccccc6)nc54)c3)c2)cc1. The van der Waals surface area contributed by atoms with Crippen molar-refractivity contribution in [3.63, 3.8) is 0 Å². The van der Waals surface area contributed by atoms with E-state index in [4.69, 9.17) is 9.97 Å². The third-order valence-corrected chi connectivity index (χ3v) is 9.41. The van der Waals surface area contributed by atoms with E-state index in [9.17, 15) is 0 Å². The smallest absolute Gasteiger partial charge is 0.0973 e. The van der Waals surface area contributed by atoms with Crippen LogP contribution in [0.2, 0.25) is 0 Å². The monoisotopic (exact) mass is 651 g/mol. The van der Waals surface area contributed by atoms with E-state index in [1.165, 1.54) is 22.3 Å². The van der Waals surface area contributed by atoms with Gasteiger partial charge in [-0.15, -0.1) is 0 Å². The van der Waals surface area contributed by atoms with Crippen molar-refractivity contribution in [2.45, 2.75) is 0 Å². The number of aromatic nitrogens is 2. The maximum absolute atomic E-state index is 5.36. The summed E-state index contributed by atoms with van der Waals surface area (Å²) in [6, 6.07) is 70.3. The van der Waals surface area contributed by atoms with Crippen molar-refractivity contribution in [3.8, 4) is 44.8 Å². The third kappa shape index (κ3) is 5.92. The molecule has 1 aromatic heterocycles. The van der Waals surface area contributed by atoms with Crippen molar-refractivity contribution in [2.24, 2.45) is 0 Å². The number of hydrogen-bond donors (Lipinski definition) is 0. The largest absolute Gasteiger partial charge is 0.310 e. The molecule has 0 aliphatic carbocycles. The lowest BCUT2D eigenvalue weighted by Gasteiger charge is -2.27. The van der Waals surface area contributed by atoms with Crippen LogP contribution in [0.3, 0.4) is 0 Å². The molecule has 8 aromatic carbocycles. The van der Waals surface area contributed by atoms with Gasteiger partial charge in [0, 0.05) is 33.6 Å². The van der Waals surface area contributed by atoms with Gasteiger partial charge >= 0.3 is 0 Å². The summed E-state index contributed by atoms with van der Waals surface area (Å²) < 4.78 is 0. The summed E-state index contributed by atoms with van der Waals surface area (Å²) >= 11 is 0. The lowest BCUT2D eigenvalue weighted by molar-refractivity contribution is 1.28. The topological polar surface area (TPSA) is 29.0 Å². The fourth-order valence-corrected chi connectivity index (χ4v) is 6.93. The van der Waals surface area contributed by atoms with Crippen LogP contribution in [0.1, 0.15) is 0 Å². The van der Waals surface area contributed by atoms with Gasteiger partial charge < -0.3 is 4.90 Å². The van der Waals surface area contributed by atoms with Gasteiger partial charge in [-0.1, -0.05) is 158 Å². The van der Waals surface area contributed by atoms with Crippen LogP contribution in [0.5, 0.6) is 0 Å². The summed E-state index contributed by atoms with van der Waals surface area (Å²) in [5.41, 5.74) is 13.6. The van der Waals surface area contributed by atoms with Crippen LogP contribution in [-0.2, 0) is 0 Å². The summed E-state index contributed by atoms with van der Waals surface area (Å²) in [6.07, 6.45) is 0. The lowest BCUT2D eigenvalue weighted by Crippen LogP contribution is -2.10. The zero-order valence-electron chi connectivity index (χ0n) is 27.9. The molecule has 0 aliphatic heterocycles. The molecule has 9 rings (SSSR count). The first-order valence-corrected chi connectivity index (χ1v) is 17.2. The van der Waals surface area contributed by atoms with E-state index in [0.29, 0.717) is 0 Å². The minimum Gasteiger partial charge on any atom is -0.310 e. The van der Waals surface area contributed by atoms with E-state index in [2.05, 4.69) is 193 Å². The molecular weight excluding hydrogens is 619 g/mol. The van der Waals surface area contributed by atoms with Crippen molar-refractivity contribution >= 4 is 38.9 Å². The highest BCUT2D eigenvalue weighted by Gasteiger charge is 2.18. The highest BCUT2D eigenvalue weighted by atomic mass is 15.1. The van der Waals surface area contributed by atoms with Crippen molar-refractivity contribution < 1.29 is 0 Å². The molecule has 0 fully saturated rings. The number of rotatable bonds is 7. The van der Waals surface area contributed by atoms with Gasteiger partial charge in [0.25, 0.3) is 0 Å². The number of nitrogens with zero attached hydrogens (tertiary/aromatic N) is 3. The molecule has 3 heteroatoms. The summed E-state index contributed by atoms with van der Waals surface area (Å²) in [7, 11) is 0.